The molecule has 1 heterocycles. The highest BCUT2D eigenvalue weighted by Crippen LogP contribution is 2.28. The van der Waals surface area contributed by atoms with Gasteiger partial charge in [-0.3, -0.25) is 10.4 Å². The van der Waals surface area contributed by atoms with E-state index in [0.717, 1.165) is 43.6 Å². The highest BCUT2D eigenvalue weighted by atomic mass is 15.8. The number of benzene rings is 2. The van der Waals surface area contributed by atoms with Crippen LogP contribution in [0, 0.1) is 11.8 Å². The zero-order valence-corrected chi connectivity index (χ0v) is 15.7. The number of para-hydroxylation sites is 1. The van der Waals surface area contributed by atoms with Gasteiger partial charge in [-0.1, -0.05) is 74.7 Å². The van der Waals surface area contributed by atoms with Crippen LogP contribution in [0.1, 0.15) is 45.1 Å². The molecule has 1 N–H and O–H groups in total. The molecule has 0 aliphatic carbocycles. The van der Waals surface area contributed by atoms with Crippen molar-refractivity contribution in [3.05, 3.63) is 77.6 Å². The first-order valence-electron chi connectivity index (χ1n) is 9.48. The maximum absolute atomic E-state index is 3.59. The molecule has 1 aliphatic heterocycles. The highest BCUT2D eigenvalue weighted by molar-refractivity contribution is 5.50. The summed E-state index contributed by atoms with van der Waals surface area (Å²) in [4.78, 5) is 0. The van der Waals surface area contributed by atoms with E-state index in [4.69, 9.17) is 0 Å². The number of hydrogen-bond donors (Lipinski definition) is 1. The minimum Gasteiger partial charge on any atom is -0.281 e. The summed E-state index contributed by atoms with van der Waals surface area (Å²) in [5.74, 6) is 6.78. The van der Waals surface area contributed by atoms with Gasteiger partial charge in [-0.05, 0) is 36.5 Å². The van der Waals surface area contributed by atoms with E-state index < -0.39 is 0 Å². The van der Waals surface area contributed by atoms with E-state index in [0.29, 0.717) is 0 Å². The fraction of sp³-hybridized carbons (Fsp3) is 0.304. The van der Waals surface area contributed by atoms with Crippen molar-refractivity contribution in [2.45, 2.75) is 46.1 Å². The van der Waals surface area contributed by atoms with E-state index in [2.05, 4.69) is 95.8 Å². The smallest absolute Gasteiger partial charge is 0.130 e. The van der Waals surface area contributed by atoms with E-state index in [1.54, 1.807) is 0 Å². The molecule has 1 aliphatic rings. The molecule has 26 heavy (non-hydrogen) atoms. The van der Waals surface area contributed by atoms with Gasteiger partial charge in [0.15, 0.2) is 0 Å². The predicted octanol–water partition coefficient (Wildman–Crippen LogP) is 5.24. The molecule has 0 spiro atoms. The van der Waals surface area contributed by atoms with Crippen LogP contribution in [-0.2, 0) is 6.54 Å². The third kappa shape index (κ3) is 4.21. The maximum atomic E-state index is 3.59. The third-order valence-electron chi connectivity index (χ3n) is 4.28. The van der Waals surface area contributed by atoms with Gasteiger partial charge < -0.3 is 0 Å². The van der Waals surface area contributed by atoms with E-state index in [1.165, 1.54) is 11.3 Å². The molecule has 0 unspecified atom stereocenters. The van der Waals surface area contributed by atoms with Crippen LogP contribution in [0.3, 0.4) is 0 Å². The lowest BCUT2D eigenvalue weighted by molar-refractivity contribution is 0.326. The van der Waals surface area contributed by atoms with Gasteiger partial charge in [0.25, 0.3) is 0 Å². The number of hydrogen-bond acceptors (Lipinski definition) is 3. The third-order valence-corrected chi connectivity index (χ3v) is 4.28. The van der Waals surface area contributed by atoms with E-state index >= 15 is 0 Å². The Bertz CT molecular complexity index is 784. The number of allylic oxidation sites excluding steroid dienone is 2. The minimum atomic E-state index is 0.784. The average Bonchev–Trinajstić information content (AvgIpc) is 3.01. The second-order valence-electron chi connectivity index (χ2n) is 6.43. The summed E-state index contributed by atoms with van der Waals surface area (Å²) >= 11 is 0. The standard InChI is InChI=1S/C23H27N3/c1-3-5-8-18-23-22(13-4-2)24-26(21-16-11-7-12-17-21)25(23)19-20-14-9-6-10-15-20/h6-7,9-12,14-17,24H,3-5,13,19H2,1-2H3. The van der Waals surface area contributed by atoms with Crippen molar-refractivity contribution in [3.63, 3.8) is 0 Å². The van der Waals surface area contributed by atoms with Crippen molar-refractivity contribution in [3.8, 4) is 11.8 Å². The van der Waals surface area contributed by atoms with Gasteiger partial charge in [0.2, 0.25) is 0 Å². The fourth-order valence-corrected chi connectivity index (χ4v) is 3.01. The van der Waals surface area contributed by atoms with Crippen LogP contribution in [0.15, 0.2) is 72.1 Å². The highest BCUT2D eigenvalue weighted by Gasteiger charge is 2.28. The number of nitrogens with one attached hydrogen (secondary N) is 1. The molecule has 0 fully saturated rings. The Labute approximate surface area is 157 Å². The summed E-state index contributed by atoms with van der Waals surface area (Å²) in [6, 6.07) is 21.0. The normalized spacial score (nSPS) is 13.5. The molecule has 0 radical (unpaired) electrons. The van der Waals surface area contributed by atoms with Crippen molar-refractivity contribution < 1.29 is 0 Å². The molecule has 3 heteroatoms. The van der Waals surface area contributed by atoms with Crippen LogP contribution in [0.5, 0.6) is 0 Å². The largest absolute Gasteiger partial charge is 0.281 e. The SMILES string of the molecule is CCCC#CC1=C(CCC)NN(c2ccccc2)N1Cc1ccccc1. The topological polar surface area (TPSA) is 18.5 Å². The van der Waals surface area contributed by atoms with Crippen LogP contribution >= 0.6 is 0 Å². The number of nitrogens with zero attached hydrogens (tertiary/aromatic N) is 2. The van der Waals surface area contributed by atoms with Gasteiger partial charge in [0, 0.05) is 6.42 Å². The number of hydrazine groups is 2. The van der Waals surface area contributed by atoms with Gasteiger partial charge in [-0.2, -0.15) is 5.12 Å². The van der Waals surface area contributed by atoms with Crippen LogP contribution in [0.4, 0.5) is 5.69 Å². The number of rotatable bonds is 6. The Morgan fingerprint density at radius 3 is 2.23 bits per heavy atom. The Kier molecular flexibility index (Phi) is 6.22. The molecular formula is C23H27N3. The van der Waals surface area contributed by atoms with E-state index in [1.807, 2.05) is 6.07 Å². The molecule has 0 aromatic heterocycles. The van der Waals surface area contributed by atoms with Crippen molar-refractivity contribution in [2.75, 3.05) is 5.12 Å². The van der Waals surface area contributed by atoms with Gasteiger partial charge in [0.1, 0.15) is 5.70 Å². The van der Waals surface area contributed by atoms with Crippen molar-refractivity contribution in [1.29, 1.82) is 0 Å². The molecule has 3 rings (SSSR count). The van der Waals surface area contributed by atoms with Gasteiger partial charge in [-0.25, -0.2) is 0 Å². The molecule has 134 valence electrons. The zero-order valence-electron chi connectivity index (χ0n) is 15.7. The Balaban J connectivity index is 1.97. The summed E-state index contributed by atoms with van der Waals surface area (Å²) in [6.45, 7) is 5.16. The lowest BCUT2D eigenvalue weighted by Crippen LogP contribution is -2.43. The average molecular weight is 345 g/mol. The predicted molar refractivity (Wildman–Crippen MR) is 109 cm³/mol. The molecule has 3 nitrogen and oxygen atoms in total. The summed E-state index contributed by atoms with van der Waals surface area (Å²) in [7, 11) is 0. The van der Waals surface area contributed by atoms with Crippen LogP contribution < -0.4 is 10.5 Å². The summed E-state index contributed by atoms with van der Waals surface area (Å²) in [5, 5.41) is 4.40. The van der Waals surface area contributed by atoms with Crippen molar-refractivity contribution >= 4 is 5.69 Å². The zero-order chi connectivity index (χ0) is 18.2. The summed E-state index contributed by atoms with van der Waals surface area (Å²) in [5.41, 5.74) is 8.27. The molecule has 0 bridgehead atoms. The number of unbranched alkanes of at least 4 members (excludes halogenated alkanes) is 1. The van der Waals surface area contributed by atoms with E-state index in [-0.39, 0.29) is 0 Å². The summed E-state index contributed by atoms with van der Waals surface area (Å²) in [6.07, 6.45) is 4.08. The monoisotopic (exact) mass is 345 g/mol. The lowest BCUT2D eigenvalue weighted by atomic mass is 10.2. The van der Waals surface area contributed by atoms with Crippen molar-refractivity contribution in [2.24, 2.45) is 0 Å². The Morgan fingerprint density at radius 2 is 1.58 bits per heavy atom. The van der Waals surface area contributed by atoms with Gasteiger partial charge >= 0.3 is 0 Å². The first kappa shape index (κ1) is 17.9. The second-order valence-corrected chi connectivity index (χ2v) is 6.43. The lowest BCUT2D eigenvalue weighted by Gasteiger charge is -2.31. The van der Waals surface area contributed by atoms with Gasteiger partial charge in [0.05, 0.1) is 17.9 Å². The van der Waals surface area contributed by atoms with Gasteiger partial charge in [-0.15, -0.1) is 0 Å². The van der Waals surface area contributed by atoms with Crippen LogP contribution in [-0.4, -0.2) is 5.01 Å². The fourth-order valence-electron chi connectivity index (χ4n) is 3.01. The molecule has 0 saturated heterocycles. The molecular weight excluding hydrogens is 318 g/mol. The Hall–Kier alpha value is -2.86. The molecule has 0 amide bonds. The number of anilines is 1. The first-order valence-corrected chi connectivity index (χ1v) is 9.48. The first-order chi connectivity index (χ1) is 12.8. The molecule has 2 aromatic rings. The molecule has 0 saturated carbocycles. The van der Waals surface area contributed by atoms with Crippen LogP contribution in [0.25, 0.3) is 0 Å². The maximum Gasteiger partial charge on any atom is 0.130 e. The Morgan fingerprint density at radius 1 is 0.885 bits per heavy atom. The summed E-state index contributed by atoms with van der Waals surface area (Å²) < 4.78 is 0. The minimum absolute atomic E-state index is 0.784. The van der Waals surface area contributed by atoms with Crippen molar-refractivity contribution in [1.82, 2.24) is 10.4 Å². The van der Waals surface area contributed by atoms with E-state index in [9.17, 15) is 0 Å². The molecule has 2 aromatic carbocycles. The quantitative estimate of drug-likeness (QED) is 0.722. The second kappa shape index (κ2) is 9.01. The molecule has 0 atom stereocenters. The van der Waals surface area contributed by atoms with Crippen LogP contribution in [0.2, 0.25) is 0 Å².